The summed E-state index contributed by atoms with van der Waals surface area (Å²) in [6.45, 7) is 0.424. The van der Waals surface area contributed by atoms with Gasteiger partial charge in [-0.25, -0.2) is 15.2 Å². The molecule has 0 aliphatic rings. The first kappa shape index (κ1) is 12.3. The van der Waals surface area contributed by atoms with E-state index in [-0.39, 0.29) is 5.82 Å². The number of nitrogen functional groups attached to an aromatic ring is 1. The SMILES string of the molecule is CN(Cc1ccccc1F)c1ccnc(NN)n1. The third-order valence-electron chi connectivity index (χ3n) is 2.53. The van der Waals surface area contributed by atoms with Crippen molar-refractivity contribution in [1.29, 1.82) is 0 Å². The molecule has 1 aromatic heterocycles. The van der Waals surface area contributed by atoms with E-state index in [1.54, 1.807) is 30.5 Å². The van der Waals surface area contributed by atoms with Gasteiger partial charge in [-0.15, -0.1) is 0 Å². The number of rotatable bonds is 4. The highest BCUT2D eigenvalue weighted by Gasteiger charge is 2.07. The number of anilines is 2. The van der Waals surface area contributed by atoms with E-state index < -0.39 is 0 Å². The van der Waals surface area contributed by atoms with Gasteiger partial charge in [0.2, 0.25) is 5.95 Å². The van der Waals surface area contributed by atoms with Crippen LogP contribution in [0.15, 0.2) is 36.5 Å². The fourth-order valence-corrected chi connectivity index (χ4v) is 1.59. The Kier molecular flexibility index (Phi) is 3.69. The number of nitrogens with two attached hydrogens (primary N) is 1. The fourth-order valence-electron chi connectivity index (χ4n) is 1.59. The van der Waals surface area contributed by atoms with Crippen LogP contribution in [0.4, 0.5) is 16.2 Å². The van der Waals surface area contributed by atoms with Crippen molar-refractivity contribution >= 4 is 11.8 Å². The standard InChI is InChI=1S/C12H14FN5/c1-18(8-9-4-2-3-5-10(9)13)11-6-7-15-12(16-11)17-14/h2-7H,8,14H2,1H3,(H,15,16,17). The normalized spacial score (nSPS) is 10.2. The van der Waals surface area contributed by atoms with Crippen LogP contribution in [0, 0.1) is 5.82 Å². The van der Waals surface area contributed by atoms with Crippen LogP contribution in [-0.2, 0) is 6.54 Å². The maximum atomic E-state index is 13.5. The summed E-state index contributed by atoms with van der Waals surface area (Å²) in [5, 5.41) is 0. The first-order valence-corrected chi connectivity index (χ1v) is 5.45. The lowest BCUT2D eigenvalue weighted by molar-refractivity contribution is 0.607. The van der Waals surface area contributed by atoms with Gasteiger partial charge in [0, 0.05) is 25.4 Å². The molecule has 2 rings (SSSR count). The predicted octanol–water partition coefficient (Wildman–Crippen LogP) is 1.54. The monoisotopic (exact) mass is 247 g/mol. The molecule has 0 aliphatic heterocycles. The molecule has 0 saturated heterocycles. The van der Waals surface area contributed by atoms with Gasteiger partial charge in [0.05, 0.1) is 0 Å². The summed E-state index contributed by atoms with van der Waals surface area (Å²) in [5.41, 5.74) is 2.99. The number of hydrazine groups is 1. The van der Waals surface area contributed by atoms with Gasteiger partial charge in [0.25, 0.3) is 0 Å². The Balaban J connectivity index is 2.16. The molecule has 0 aliphatic carbocycles. The summed E-state index contributed by atoms with van der Waals surface area (Å²) in [6.07, 6.45) is 1.59. The number of nitrogens with zero attached hydrogens (tertiary/aromatic N) is 3. The lowest BCUT2D eigenvalue weighted by atomic mass is 10.2. The van der Waals surface area contributed by atoms with E-state index >= 15 is 0 Å². The maximum absolute atomic E-state index is 13.5. The molecule has 94 valence electrons. The minimum Gasteiger partial charge on any atom is -0.355 e. The lowest BCUT2D eigenvalue weighted by Gasteiger charge is -2.18. The van der Waals surface area contributed by atoms with Gasteiger partial charge in [-0.3, -0.25) is 5.43 Å². The number of benzene rings is 1. The maximum Gasteiger partial charge on any atom is 0.239 e. The highest BCUT2D eigenvalue weighted by molar-refractivity contribution is 5.42. The van der Waals surface area contributed by atoms with Crippen LogP contribution in [0.25, 0.3) is 0 Å². The number of halogens is 1. The summed E-state index contributed by atoms with van der Waals surface area (Å²) < 4.78 is 13.5. The van der Waals surface area contributed by atoms with Gasteiger partial charge >= 0.3 is 0 Å². The van der Waals surface area contributed by atoms with Crippen LogP contribution in [0.3, 0.4) is 0 Å². The smallest absolute Gasteiger partial charge is 0.239 e. The summed E-state index contributed by atoms with van der Waals surface area (Å²) in [5.74, 6) is 6.01. The molecule has 3 N–H and O–H groups in total. The highest BCUT2D eigenvalue weighted by atomic mass is 19.1. The molecular formula is C12H14FN5. The minimum atomic E-state index is -0.226. The summed E-state index contributed by atoms with van der Waals surface area (Å²) >= 11 is 0. The van der Waals surface area contributed by atoms with Crippen molar-refractivity contribution < 1.29 is 4.39 Å². The molecule has 1 aromatic carbocycles. The van der Waals surface area contributed by atoms with Gasteiger partial charge in [0.15, 0.2) is 0 Å². The quantitative estimate of drug-likeness (QED) is 0.633. The first-order chi connectivity index (χ1) is 8.70. The number of hydrogen-bond donors (Lipinski definition) is 2. The van der Waals surface area contributed by atoms with E-state index in [2.05, 4.69) is 15.4 Å². The molecule has 0 amide bonds. The van der Waals surface area contributed by atoms with Crippen molar-refractivity contribution in [3.8, 4) is 0 Å². The minimum absolute atomic E-state index is 0.226. The summed E-state index contributed by atoms with van der Waals surface area (Å²) in [7, 11) is 1.83. The van der Waals surface area contributed by atoms with Crippen molar-refractivity contribution in [3.63, 3.8) is 0 Å². The second kappa shape index (κ2) is 5.42. The second-order valence-corrected chi connectivity index (χ2v) is 3.83. The van der Waals surface area contributed by atoms with Crippen LogP contribution >= 0.6 is 0 Å². The molecule has 18 heavy (non-hydrogen) atoms. The van der Waals surface area contributed by atoms with Crippen molar-refractivity contribution in [3.05, 3.63) is 47.9 Å². The molecule has 6 heteroatoms. The van der Waals surface area contributed by atoms with Crippen molar-refractivity contribution in [1.82, 2.24) is 9.97 Å². The van der Waals surface area contributed by atoms with Gasteiger partial charge in [-0.1, -0.05) is 18.2 Å². The Hall–Kier alpha value is -2.21. The van der Waals surface area contributed by atoms with Gasteiger partial charge in [-0.05, 0) is 12.1 Å². The molecule has 0 atom stereocenters. The highest BCUT2D eigenvalue weighted by Crippen LogP contribution is 2.15. The Morgan fingerprint density at radius 1 is 1.33 bits per heavy atom. The molecule has 0 spiro atoms. The van der Waals surface area contributed by atoms with E-state index in [4.69, 9.17) is 5.84 Å². The topological polar surface area (TPSA) is 67.1 Å². The van der Waals surface area contributed by atoms with E-state index in [1.807, 2.05) is 11.9 Å². The number of nitrogens with one attached hydrogen (secondary N) is 1. The molecule has 1 heterocycles. The molecule has 5 nitrogen and oxygen atoms in total. The zero-order valence-electron chi connectivity index (χ0n) is 9.97. The summed E-state index contributed by atoms with van der Waals surface area (Å²) in [6, 6.07) is 8.39. The van der Waals surface area contributed by atoms with Crippen LogP contribution < -0.4 is 16.2 Å². The fraction of sp³-hybridized carbons (Fsp3) is 0.167. The largest absolute Gasteiger partial charge is 0.355 e. The molecule has 0 radical (unpaired) electrons. The number of aromatic nitrogens is 2. The summed E-state index contributed by atoms with van der Waals surface area (Å²) in [4.78, 5) is 9.91. The lowest BCUT2D eigenvalue weighted by Crippen LogP contribution is -2.20. The first-order valence-electron chi connectivity index (χ1n) is 5.45. The van der Waals surface area contributed by atoms with Crippen LogP contribution in [0.5, 0.6) is 0 Å². The van der Waals surface area contributed by atoms with Crippen molar-refractivity contribution in [2.75, 3.05) is 17.4 Å². The zero-order valence-corrected chi connectivity index (χ0v) is 9.97. The molecular weight excluding hydrogens is 233 g/mol. The van der Waals surface area contributed by atoms with Crippen LogP contribution in [0.1, 0.15) is 5.56 Å². The van der Waals surface area contributed by atoms with Gasteiger partial charge in [0.1, 0.15) is 11.6 Å². The average Bonchev–Trinajstić information content (AvgIpc) is 2.41. The molecule has 0 fully saturated rings. The van der Waals surface area contributed by atoms with Gasteiger partial charge < -0.3 is 4.90 Å². The van der Waals surface area contributed by atoms with Crippen LogP contribution in [0.2, 0.25) is 0 Å². The Labute approximate surface area is 104 Å². The molecule has 0 bridgehead atoms. The van der Waals surface area contributed by atoms with E-state index in [0.717, 1.165) is 0 Å². The average molecular weight is 247 g/mol. The van der Waals surface area contributed by atoms with E-state index in [0.29, 0.717) is 23.9 Å². The Morgan fingerprint density at radius 2 is 2.11 bits per heavy atom. The van der Waals surface area contributed by atoms with Gasteiger partial charge in [-0.2, -0.15) is 4.98 Å². The van der Waals surface area contributed by atoms with E-state index in [1.165, 1.54) is 6.07 Å². The molecule has 2 aromatic rings. The third kappa shape index (κ3) is 2.72. The van der Waals surface area contributed by atoms with Crippen molar-refractivity contribution in [2.24, 2.45) is 5.84 Å². The predicted molar refractivity (Wildman–Crippen MR) is 68.3 cm³/mol. The third-order valence-corrected chi connectivity index (χ3v) is 2.53. The zero-order chi connectivity index (χ0) is 13.0. The Morgan fingerprint density at radius 3 is 2.83 bits per heavy atom. The van der Waals surface area contributed by atoms with E-state index in [9.17, 15) is 4.39 Å². The second-order valence-electron chi connectivity index (χ2n) is 3.83. The molecule has 0 saturated carbocycles. The van der Waals surface area contributed by atoms with Crippen molar-refractivity contribution in [2.45, 2.75) is 6.54 Å². The number of hydrogen-bond acceptors (Lipinski definition) is 5. The molecule has 0 unspecified atom stereocenters. The Bertz CT molecular complexity index is 531. The van der Waals surface area contributed by atoms with Crippen LogP contribution in [-0.4, -0.2) is 17.0 Å².